The Morgan fingerprint density at radius 1 is 1.37 bits per heavy atom. The van der Waals surface area contributed by atoms with E-state index in [4.69, 9.17) is 9.26 Å². The number of hydrogen-bond acceptors (Lipinski definition) is 7. The molecule has 1 aromatic rings. The quantitative estimate of drug-likeness (QED) is 0.675. The fraction of sp³-hybridized carbons (Fsp3) is 0.789. The van der Waals surface area contributed by atoms with Gasteiger partial charge in [0, 0.05) is 24.7 Å². The smallest absolute Gasteiger partial charge is 0.162 e. The van der Waals surface area contributed by atoms with E-state index in [-0.39, 0.29) is 18.1 Å². The highest BCUT2D eigenvalue weighted by Crippen LogP contribution is 2.28. The van der Waals surface area contributed by atoms with Crippen molar-refractivity contribution in [3.05, 3.63) is 17.5 Å². The SMILES string of the molecule is C[C@H](O)C(C)(C)c1cc(CC(=O)C(C)(C)S(=O)(=O)CC[C@H]2CCOC2)on1. The molecule has 2 atom stereocenters. The van der Waals surface area contributed by atoms with Gasteiger partial charge in [-0.2, -0.15) is 0 Å². The number of aromatic nitrogens is 1. The summed E-state index contributed by atoms with van der Waals surface area (Å²) in [6.45, 7) is 9.46. The summed E-state index contributed by atoms with van der Waals surface area (Å²) in [5, 5.41) is 13.8. The van der Waals surface area contributed by atoms with Crippen LogP contribution in [-0.2, 0) is 31.2 Å². The Morgan fingerprint density at radius 3 is 2.59 bits per heavy atom. The molecule has 0 unspecified atom stereocenters. The van der Waals surface area contributed by atoms with Crippen molar-refractivity contribution in [1.29, 1.82) is 0 Å². The van der Waals surface area contributed by atoms with Gasteiger partial charge in [-0.3, -0.25) is 4.79 Å². The molecular formula is C19H31NO6S. The number of aliphatic hydroxyl groups excluding tert-OH is 1. The number of ketones is 1. The molecule has 0 aliphatic carbocycles. The van der Waals surface area contributed by atoms with Gasteiger partial charge in [0.25, 0.3) is 0 Å². The molecule has 2 rings (SSSR count). The summed E-state index contributed by atoms with van der Waals surface area (Å²) in [5.41, 5.74) is -0.0994. The number of ether oxygens (including phenoxy) is 1. The minimum absolute atomic E-state index is 0.0313. The van der Waals surface area contributed by atoms with Gasteiger partial charge in [0.05, 0.1) is 24.0 Å². The van der Waals surface area contributed by atoms with Gasteiger partial charge < -0.3 is 14.4 Å². The van der Waals surface area contributed by atoms with Crippen LogP contribution in [0, 0.1) is 5.92 Å². The lowest BCUT2D eigenvalue weighted by Crippen LogP contribution is -2.43. The molecule has 0 saturated carbocycles. The number of sulfone groups is 1. The monoisotopic (exact) mass is 401 g/mol. The maximum atomic E-state index is 12.8. The topological polar surface area (TPSA) is 107 Å². The number of hydrogen-bond donors (Lipinski definition) is 1. The van der Waals surface area contributed by atoms with Gasteiger partial charge in [0.2, 0.25) is 0 Å². The summed E-state index contributed by atoms with van der Waals surface area (Å²) in [4.78, 5) is 12.7. The molecule has 8 heteroatoms. The van der Waals surface area contributed by atoms with Gasteiger partial charge >= 0.3 is 0 Å². The summed E-state index contributed by atoms with van der Waals surface area (Å²) in [7, 11) is -3.61. The number of carbonyl (C=O) groups excluding carboxylic acids is 1. The van der Waals surface area contributed by atoms with E-state index in [9.17, 15) is 18.3 Å². The van der Waals surface area contributed by atoms with Crippen LogP contribution in [0.2, 0.25) is 0 Å². The van der Waals surface area contributed by atoms with Crippen molar-refractivity contribution < 1.29 is 27.6 Å². The Bertz CT molecular complexity index is 757. The lowest BCUT2D eigenvalue weighted by molar-refractivity contribution is -0.120. The van der Waals surface area contributed by atoms with Crippen LogP contribution in [0.1, 0.15) is 58.9 Å². The van der Waals surface area contributed by atoms with Gasteiger partial charge in [-0.25, -0.2) is 8.42 Å². The van der Waals surface area contributed by atoms with Crippen molar-refractivity contribution in [2.75, 3.05) is 19.0 Å². The van der Waals surface area contributed by atoms with Gasteiger partial charge in [0.15, 0.2) is 15.6 Å². The van der Waals surface area contributed by atoms with Crippen LogP contribution in [-0.4, -0.2) is 54.3 Å². The first-order valence-electron chi connectivity index (χ1n) is 9.35. The molecule has 1 aromatic heterocycles. The Labute approximate surface area is 161 Å². The van der Waals surface area contributed by atoms with Crippen LogP contribution in [0.15, 0.2) is 10.6 Å². The van der Waals surface area contributed by atoms with Gasteiger partial charge in [0.1, 0.15) is 10.5 Å². The zero-order valence-corrected chi connectivity index (χ0v) is 17.6. The van der Waals surface area contributed by atoms with E-state index < -0.39 is 31.9 Å². The average Bonchev–Trinajstić information content (AvgIpc) is 3.24. The van der Waals surface area contributed by atoms with Crippen LogP contribution in [0.5, 0.6) is 0 Å². The number of Topliss-reactive ketones (excluding diaryl/α,β-unsaturated/α-hetero) is 1. The third kappa shape index (κ3) is 4.78. The second-order valence-electron chi connectivity index (χ2n) is 8.52. The first-order valence-corrected chi connectivity index (χ1v) is 11.0. The highest BCUT2D eigenvalue weighted by atomic mass is 32.2. The van der Waals surface area contributed by atoms with E-state index in [2.05, 4.69) is 5.16 Å². The summed E-state index contributed by atoms with van der Waals surface area (Å²) in [5.74, 6) is 0.0837. The zero-order chi connectivity index (χ0) is 20.5. The Hall–Kier alpha value is -1.25. The molecule has 1 aliphatic heterocycles. The number of aliphatic hydroxyl groups is 1. The predicted molar refractivity (Wildman–Crippen MR) is 101 cm³/mol. The normalized spacial score (nSPS) is 20.0. The third-order valence-corrected chi connectivity index (χ3v) is 8.42. The van der Waals surface area contributed by atoms with Crippen molar-refractivity contribution in [3.8, 4) is 0 Å². The van der Waals surface area contributed by atoms with Crippen LogP contribution in [0.4, 0.5) is 0 Å². The van der Waals surface area contributed by atoms with E-state index in [1.165, 1.54) is 13.8 Å². The maximum absolute atomic E-state index is 12.8. The van der Waals surface area contributed by atoms with Gasteiger partial charge in [-0.1, -0.05) is 19.0 Å². The van der Waals surface area contributed by atoms with Crippen LogP contribution >= 0.6 is 0 Å². The third-order valence-electron chi connectivity index (χ3n) is 5.87. The van der Waals surface area contributed by atoms with Crippen molar-refractivity contribution >= 4 is 15.6 Å². The molecule has 1 saturated heterocycles. The highest BCUT2D eigenvalue weighted by molar-refractivity contribution is 7.93. The minimum Gasteiger partial charge on any atom is -0.392 e. The highest BCUT2D eigenvalue weighted by Gasteiger charge is 2.42. The molecule has 1 N–H and O–H groups in total. The van der Waals surface area contributed by atoms with Gasteiger partial charge in [-0.15, -0.1) is 0 Å². The zero-order valence-electron chi connectivity index (χ0n) is 16.8. The summed E-state index contributed by atoms with van der Waals surface area (Å²) in [6.07, 6.45) is 0.571. The van der Waals surface area contributed by atoms with Crippen LogP contribution in [0.25, 0.3) is 0 Å². The Morgan fingerprint density at radius 2 is 2.04 bits per heavy atom. The summed E-state index contributed by atoms with van der Waals surface area (Å²) >= 11 is 0. The van der Waals surface area contributed by atoms with E-state index in [1.54, 1.807) is 13.0 Å². The number of rotatable bonds is 9. The van der Waals surface area contributed by atoms with Crippen molar-refractivity contribution in [2.45, 2.75) is 70.1 Å². The van der Waals surface area contributed by atoms with Crippen LogP contribution in [0.3, 0.4) is 0 Å². The van der Waals surface area contributed by atoms with Crippen molar-refractivity contribution in [1.82, 2.24) is 5.16 Å². The fourth-order valence-corrected chi connectivity index (χ4v) is 4.42. The Balaban J connectivity index is 2.06. The maximum Gasteiger partial charge on any atom is 0.162 e. The van der Waals surface area contributed by atoms with Crippen molar-refractivity contribution in [3.63, 3.8) is 0 Å². The molecule has 0 amide bonds. The molecular weight excluding hydrogens is 370 g/mol. The lowest BCUT2D eigenvalue weighted by atomic mass is 9.84. The molecule has 27 heavy (non-hydrogen) atoms. The predicted octanol–water partition coefficient (Wildman–Crippen LogP) is 2.06. The van der Waals surface area contributed by atoms with Crippen molar-refractivity contribution in [2.24, 2.45) is 5.92 Å². The first kappa shape index (κ1) is 22.0. The standard InChI is InChI=1S/C19H31NO6S/c1-13(21)18(2,3)16-10-15(26-20-16)11-17(22)19(4,5)27(23,24)9-7-14-6-8-25-12-14/h10,13-14,21H,6-9,11-12H2,1-5H3/t13-,14+/m0/s1. The fourth-order valence-electron chi connectivity index (χ4n) is 2.85. The molecule has 0 aromatic carbocycles. The Kier molecular flexibility index (Phi) is 6.54. The van der Waals surface area contributed by atoms with Gasteiger partial charge in [-0.05, 0) is 39.5 Å². The molecule has 1 aliphatic rings. The molecule has 2 heterocycles. The molecule has 154 valence electrons. The lowest BCUT2D eigenvalue weighted by Gasteiger charge is -2.24. The number of carbonyl (C=O) groups is 1. The molecule has 7 nitrogen and oxygen atoms in total. The average molecular weight is 402 g/mol. The van der Waals surface area contributed by atoms with E-state index in [0.717, 1.165) is 6.42 Å². The molecule has 0 spiro atoms. The molecule has 0 bridgehead atoms. The molecule has 1 fully saturated rings. The first-order chi connectivity index (χ1) is 12.4. The summed E-state index contributed by atoms with van der Waals surface area (Å²) < 4.78 is 34.5. The van der Waals surface area contributed by atoms with E-state index >= 15 is 0 Å². The minimum atomic E-state index is -3.61. The molecule has 0 radical (unpaired) electrons. The second kappa shape index (κ2) is 8.01. The van der Waals surface area contributed by atoms with Crippen LogP contribution < -0.4 is 0 Å². The second-order valence-corrected chi connectivity index (χ2v) is 11.2. The van der Waals surface area contributed by atoms with E-state index in [1.807, 2.05) is 13.8 Å². The number of nitrogens with zero attached hydrogens (tertiary/aromatic N) is 1. The summed E-state index contributed by atoms with van der Waals surface area (Å²) in [6, 6.07) is 1.61. The largest absolute Gasteiger partial charge is 0.392 e. The van der Waals surface area contributed by atoms with E-state index in [0.29, 0.717) is 31.1 Å².